The van der Waals surface area contributed by atoms with Crippen molar-refractivity contribution in [1.29, 1.82) is 0 Å². The number of carbonyl (C=O) groups is 2. The second-order valence-corrected chi connectivity index (χ2v) is 6.09. The Morgan fingerprint density at radius 2 is 1.12 bits per heavy atom. The van der Waals surface area contributed by atoms with E-state index in [0.717, 1.165) is 25.7 Å². The number of aliphatic hydroxyl groups excluding tert-OH is 2. The Balaban J connectivity index is 2.98. The second-order valence-electron chi connectivity index (χ2n) is 6.09. The summed E-state index contributed by atoms with van der Waals surface area (Å²) in [7, 11) is 0. The number of allylic oxidation sites excluding steroid dienone is 4. The fraction of sp³-hybridized carbons (Fsp3) is 0.556. The Morgan fingerprint density at radius 3 is 1.38 bits per heavy atom. The van der Waals surface area contributed by atoms with E-state index in [0.29, 0.717) is 0 Å². The van der Waals surface area contributed by atoms with Crippen LogP contribution in [0.25, 0.3) is 0 Å². The highest BCUT2D eigenvalue weighted by molar-refractivity contribution is 6.13. The van der Waals surface area contributed by atoms with Crippen LogP contribution in [0.3, 0.4) is 0 Å². The molecule has 1 saturated carbocycles. The first-order chi connectivity index (χ1) is 11.2. The highest BCUT2D eigenvalue weighted by atomic mass is 16.3. The number of aliphatic imine (C=N–C) groups is 2. The normalized spacial score (nSPS) is 24.0. The highest BCUT2D eigenvalue weighted by Gasteiger charge is 2.24. The summed E-state index contributed by atoms with van der Waals surface area (Å²) in [6.45, 7) is 5.66. The lowest BCUT2D eigenvalue weighted by Crippen LogP contribution is -2.27. The summed E-state index contributed by atoms with van der Waals surface area (Å²) in [6.07, 6.45) is 6.50. The third-order valence-electron chi connectivity index (χ3n) is 4.02. The van der Waals surface area contributed by atoms with Crippen LogP contribution in [0, 0.1) is 0 Å². The number of nitrogens with zero attached hydrogens (tertiary/aromatic N) is 2. The Morgan fingerprint density at radius 1 is 0.792 bits per heavy atom. The van der Waals surface area contributed by atoms with Crippen LogP contribution in [0.15, 0.2) is 32.6 Å². The van der Waals surface area contributed by atoms with Gasteiger partial charge in [0.15, 0.2) is 11.6 Å². The SMILES string of the molecule is CC(=O)/C(C=N[C@H]1CCCC[C@@H]1N=C/C(C(C)=O)=C(/C)O)=C(\C)O. The molecule has 1 rings (SSSR count). The summed E-state index contributed by atoms with van der Waals surface area (Å²) in [5, 5.41) is 19.1. The van der Waals surface area contributed by atoms with Crippen LogP contribution in [0.1, 0.15) is 53.4 Å². The molecule has 0 heterocycles. The van der Waals surface area contributed by atoms with Crippen LogP contribution in [-0.4, -0.2) is 46.3 Å². The largest absolute Gasteiger partial charge is 0.512 e. The summed E-state index contributed by atoms with van der Waals surface area (Å²) in [6, 6.07) is -0.230. The van der Waals surface area contributed by atoms with Gasteiger partial charge in [-0.2, -0.15) is 0 Å². The van der Waals surface area contributed by atoms with Gasteiger partial charge in [-0.05, 0) is 40.5 Å². The van der Waals surface area contributed by atoms with E-state index in [1.54, 1.807) is 0 Å². The monoisotopic (exact) mass is 334 g/mol. The lowest BCUT2D eigenvalue weighted by Gasteiger charge is -2.25. The summed E-state index contributed by atoms with van der Waals surface area (Å²) < 4.78 is 0. The Kier molecular flexibility index (Phi) is 7.55. The first kappa shape index (κ1) is 19.8. The predicted molar refractivity (Wildman–Crippen MR) is 95.0 cm³/mol. The molecular formula is C18H26N2O4. The summed E-state index contributed by atoms with van der Waals surface area (Å²) in [4.78, 5) is 31.9. The molecule has 0 unspecified atom stereocenters. The van der Waals surface area contributed by atoms with Gasteiger partial charge in [0.1, 0.15) is 11.5 Å². The van der Waals surface area contributed by atoms with E-state index in [1.807, 2.05) is 0 Å². The number of Topliss-reactive ketones (excluding diaryl/α,β-unsaturated/α-hetero) is 2. The fourth-order valence-corrected chi connectivity index (χ4v) is 2.66. The molecule has 6 heteroatoms. The zero-order chi connectivity index (χ0) is 18.3. The highest BCUT2D eigenvalue weighted by Crippen LogP contribution is 2.24. The molecule has 1 aliphatic rings. The maximum Gasteiger partial charge on any atom is 0.164 e. The lowest BCUT2D eigenvalue weighted by atomic mass is 9.91. The number of rotatable bonds is 6. The minimum Gasteiger partial charge on any atom is -0.512 e. The Labute approximate surface area is 142 Å². The summed E-state index contributed by atoms with van der Waals surface area (Å²) >= 11 is 0. The number of carbonyl (C=O) groups excluding carboxylic acids is 2. The maximum atomic E-state index is 11.5. The van der Waals surface area contributed by atoms with Gasteiger partial charge < -0.3 is 10.2 Å². The van der Waals surface area contributed by atoms with Gasteiger partial charge >= 0.3 is 0 Å². The van der Waals surface area contributed by atoms with E-state index in [9.17, 15) is 19.8 Å². The number of hydrogen-bond donors (Lipinski definition) is 2. The third kappa shape index (κ3) is 5.76. The molecule has 132 valence electrons. The third-order valence-corrected chi connectivity index (χ3v) is 4.02. The molecule has 0 aromatic rings. The van der Waals surface area contributed by atoms with Crippen LogP contribution in [0.4, 0.5) is 0 Å². The van der Waals surface area contributed by atoms with Crippen molar-refractivity contribution in [3.8, 4) is 0 Å². The molecule has 0 aromatic carbocycles. The molecule has 2 N–H and O–H groups in total. The smallest absolute Gasteiger partial charge is 0.164 e. The molecular weight excluding hydrogens is 308 g/mol. The molecule has 6 nitrogen and oxygen atoms in total. The molecule has 0 aromatic heterocycles. The van der Waals surface area contributed by atoms with Crippen LogP contribution in [0.2, 0.25) is 0 Å². The predicted octanol–water partition coefficient (Wildman–Crippen LogP) is 3.28. The van der Waals surface area contributed by atoms with Crippen molar-refractivity contribution in [2.75, 3.05) is 0 Å². The fourth-order valence-electron chi connectivity index (χ4n) is 2.66. The maximum absolute atomic E-state index is 11.5. The molecule has 0 spiro atoms. The Hall–Kier alpha value is -2.24. The van der Waals surface area contributed by atoms with Crippen molar-refractivity contribution in [2.24, 2.45) is 9.98 Å². The van der Waals surface area contributed by atoms with Crippen molar-refractivity contribution in [2.45, 2.75) is 65.5 Å². The van der Waals surface area contributed by atoms with Gasteiger partial charge in [0.2, 0.25) is 0 Å². The van der Waals surface area contributed by atoms with Crippen molar-refractivity contribution in [1.82, 2.24) is 0 Å². The minimum absolute atomic E-state index is 0.0557. The van der Waals surface area contributed by atoms with E-state index < -0.39 is 0 Å². The Bertz CT molecular complexity index is 553. The summed E-state index contributed by atoms with van der Waals surface area (Å²) in [5.41, 5.74) is 0.387. The summed E-state index contributed by atoms with van der Waals surface area (Å²) in [5.74, 6) is -0.598. The minimum atomic E-state index is -0.243. The molecule has 0 amide bonds. The molecule has 1 fully saturated rings. The standard InChI is InChI=1S/C18H26N2O4/c1-11(21)15(12(2)22)9-19-17-7-5-6-8-18(17)20-10-16(13(3)23)14(4)24/h9-10,17-18,21,23H,5-8H2,1-4H3/b15-11+,16-13+,19-9?,20-10?/t17-,18-/m0/s1. The van der Waals surface area contributed by atoms with Crippen molar-refractivity contribution >= 4 is 24.0 Å². The molecule has 0 bridgehead atoms. The topological polar surface area (TPSA) is 99.3 Å². The number of aliphatic hydroxyl groups is 2. The first-order valence-electron chi connectivity index (χ1n) is 8.12. The average Bonchev–Trinajstić information content (AvgIpc) is 2.47. The van der Waals surface area contributed by atoms with Crippen molar-refractivity contribution < 1.29 is 19.8 Å². The van der Waals surface area contributed by atoms with Gasteiger partial charge in [-0.3, -0.25) is 19.6 Å². The molecule has 0 aliphatic heterocycles. The lowest BCUT2D eigenvalue weighted by molar-refractivity contribution is -0.114. The van der Waals surface area contributed by atoms with Crippen molar-refractivity contribution in [3.05, 3.63) is 22.7 Å². The van der Waals surface area contributed by atoms with Gasteiger partial charge in [0.05, 0.1) is 23.2 Å². The zero-order valence-electron chi connectivity index (χ0n) is 14.7. The van der Waals surface area contributed by atoms with Gasteiger partial charge in [-0.25, -0.2) is 0 Å². The average molecular weight is 334 g/mol. The molecule has 1 aliphatic carbocycles. The quantitative estimate of drug-likeness (QED) is 0.442. The van der Waals surface area contributed by atoms with Gasteiger partial charge in [0.25, 0.3) is 0 Å². The van der Waals surface area contributed by atoms with Crippen LogP contribution in [-0.2, 0) is 9.59 Å². The van der Waals surface area contributed by atoms with E-state index in [-0.39, 0.29) is 46.3 Å². The van der Waals surface area contributed by atoms with Crippen LogP contribution < -0.4 is 0 Å². The van der Waals surface area contributed by atoms with Gasteiger partial charge in [-0.15, -0.1) is 0 Å². The van der Waals surface area contributed by atoms with Crippen molar-refractivity contribution in [3.63, 3.8) is 0 Å². The number of hydrogen-bond acceptors (Lipinski definition) is 6. The first-order valence-corrected chi connectivity index (χ1v) is 8.12. The molecule has 0 radical (unpaired) electrons. The van der Waals surface area contributed by atoms with E-state index >= 15 is 0 Å². The van der Waals surface area contributed by atoms with E-state index in [2.05, 4.69) is 9.98 Å². The molecule has 0 saturated heterocycles. The second kappa shape index (κ2) is 9.15. The van der Waals surface area contributed by atoms with Gasteiger partial charge in [-0.1, -0.05) is 12.8 Å². The number of ketones is 2. The van der Waals surface area contributed by atoms with Crippen LogP contribution in [0.5, 0.6) is 0 Å². The molecule has 24 heavy (non-hydrogen) atoms. The zero-order valence-corrected chi connectivity index (χ0v) is 14.7. The van der Waals surface area contributed by atoms with Gasteiger partial charge in [0, 0.05) is 12.4 Å². The molecule has 2 atom stereocenters. The van der Waals surface area contributed by atoms with E-state index in [4.69, 9.17) is 0 Å². The van der Waals surface area contributed by atoms with E-state index in [1.165, 1.54) is 40.1 Å². The van der Waals surface area contributed by atoms with Crippen LogP contribution >= 0.6 is 0 Å².